The minimum absolute atomic E-state index is 0.234. The fraction of sp³-hybridized carbons (Fsp3) is 0.190. The Morgan fingerprint density at radius 2 is 1.81 bits per heavy atom. The lowest BCUT2D eigenvalue weighted by atomic mass is 10.1. The molecule has 0 fully saturated rings. The lowest BCUT2D eigenvalue weighted by molar-refractivity contribution is 0.0949. The number of rotatable bonds is 7. The SMILES string of the molecule is CN(Cc1ccccc1)c1cnc(C(=O)NCCc2cccc(Cl)c2)cn1. The molecule has 0 atom stereocenters. The van der Waals surface area contributed by atoms with Crippen LogP contribution in [0, 0.1) is 0 Å². The van der Waals surface area contributed by atoms with Crippen molar-refractivity contribution in [2.45, 2.75) is 13.0 Å². The van der Waals surface area contributed by atoms with Crippen LogP contribution < -0.4 is 10.2 Å². The first kappa shape index (κ1) is 18.9. The first-order chi connectivity index (χ1) is 13.1. The van der Waals surface area contributed by atoms with Crippen LogP contribution in [-0.4, -0.2) is 29.5 Å². The second-order valence-electron chi connectivity index (χ2n) is 6.24. The number of hydrogen-bond acceptors (Lipinski definition) is 4. The molecule has 0 spiro atoms. The van der Waals surface area contributed by atoms with Crippen LogP contribution in [0.1, 0.15) is 21.6 Å². The first-order valence-electron chi connectivity index (χ1n) is 8.71. The summed E-state index contributed by atoms with van der Waals surface area (Å²) in [5.41, 5.74) is 2.56. The third-order valence-electron chi connectivity index (χ3n) is 4.11. The van der Waals surface area contributed by atoms with E-state index in [0.717, 1.165) is 12.1 Å². The molecule has 0 aliphatic carbocycles. The molecule has 0 unspecified atom stereocenters. The predicted octanol–water partition coefficient (Wildman–Crippen LogP) is 3.74. The van der Waals surface area contributed by atoms with Crippen molar-refractivity contribution >= 4 is 23.3 Å². The van der Waals surface area contributed by atoms with Gasteiger partial charge in [0, 0.05) is 25.2 Å². The fourth-order valence-corrected chi connectivity index (χ4v) is 2.89. The van der Waals surface area contributed by atoms with Crippen LogP contribution in [0.3, 0.4) is 0 Å². The Hall–Kier alpha value is -2.92. The number of anilines is 1. The molecule has 1 N–H and O–H groups in total. The van der Waals surface area contributed by atoms with Crippen molar-refractivity contribution in [3.8, 4) is 0 Å². The van der Waals surface area contributed by atoms with Crippen molar-refractivity contribution in [3.05, 3.63) is 88.8 Å². The molecule has 1 amide bonds. The molecule has 3 aromatic rings. The smallest absolute Gasteiger partial charge is 0.271 e. The van der Waals surface area contributed by atoms with Crippen LogP contribution in [0.5, 0.6) is 0 Å². The van der Waals surface area contributed by atoms with E-state index in [0.29, 0.717) is 29.5 Å². The summed E-state index contributed by atoms with van der Waals surface area (Å²) in [6, 6.07) is 17.7. The van der Waals surface area contributed by atoms with Gasteiger partial charge in [0.15, 0.2) is 0 Å². The molecular formula is C21H21ClN4O. The molecule has 5 nitrogen and oxygen atoms in total. The zero-order valence-electron chi connectivity index (χ0n) is 15.1. The van der Waals surface area contributed by atoms with Crippen LogP contribution in [0.4, 0.5) is 5.82 Å². The van der Waals surface area contributed by atoms with Gasteiger partial charge in [-0.3, -0.25) is 4.79 Å². The van der Waals surface area contributed by atoms with Crippen LogP contribution in [0.15, 0.2) is 67.0 Å². The quantitative estimate of drug-likeness (QED) is 0.678. The average Bonchev–Trinajstić information content (AvgIpc) is 2.69. The molecule has 27 heavy (non-hydrogen) atoms. The Kier molecular flexibility index (Phi) is 6.39. The summed E-state index contributed by atoms with van der Waals surface area (Å²) in [4.78, 5) is 22.8. The Morgan fingerprint density at radius 1 is 1.04 bits per heavy atom. The lowest BCUT2D eigenvalue weighted by Gasteiger charge is -2.17. The van der Waals surface area contributed by atoms with Crippen molar-refractivity contribution < 1.29 is 4.79 Å². The van der Waals surface area contributed by atoms with Gasteiger partial charge in [-0.05, 0) is 29.7 Å². The lowest BCUT2D eigenvalue weighted by Crippen LogP contribution is -2.27. The van der Waals surface area contributed by atoms with Gasteiger partial charge in [0.2, 0.25) is 0 Å². The summed E-state index contributed by atoms with van der Waals surface area (Å²) in [7, 11) is 1.95. The van der Waals surface area contributed by atoms with E-state index in [4.69, 9.17) is 11.6 Å². The Morgan fingerprint density at radius 3 is 2.52 bits per heavy atom. The van der Waals surface area contributed by atoms with Gasteiger partial charge >= 0.3 is 0 Å². The molecule has 1 heterocycles. The standard InChI is InChI=1S/C21H21ClN4O/c1-26(15-17-6-3-2-4-7-17)20-14-24-19(13-25-20)21(27)23-11-10-16-8-5-9-18(22)12-16/h2-9,12-14H,10-11,15H2,1H3,(H,23,27). The molecule has 1 aromatic heterocycles. The summed E-state index contributed by atoms with van der Waals surface area (Å²) >= 11 is 5.96. The van der Waals surface area contributed by atoms with E-state index in [-0.39, 0.29) is 5.91 Å². The summed E-state index contributed by atoms with van der Waals surface area (Å²) in [6.45, 7) is 1.23. The number of aromatic nitrogens is 2. The van der Waals surface area contributed by atoms with Gasteiger partial charge in [-0.1, -0.05) is 54.1 Å². The molecule has 0 aliphatic heterocycles. The highest BCUT2D eigenvalue weighted by Gasteiger charge is 2.10. The third kappa shape index (κ3) is 5.53. The second kappa shape index (κ2) is 9.14. The largest absolute Gasteiger partial charge is 0.354 e. The average molecular weight is 381 g/mol. The zero-order chi connectivity index (χ0) is 19.1. The molecule has 2 aromatic carbocycles. The van der Waals surface area contributed by atoms with Crippen LogP contribution in [0.25, 0.3) is 0 Å². The van der Waals surface area contributed by atoms with Gasteiger partial charge < -0.3 is 10.2 Å². The highest BCUT2D eigenvalue weighted by Crippen LogP contribution is 2.12. The third-order valence-corrected chi connectivity index (χ3v) is 4.35. The predicted molar refractivity (Wildman–Crippen MR) is 108 cm³/mol. The van der Waals surface area contributed by atoms with Crippen molar-refractivity contribution in [1.82, 2.24) is 15.3 Å². The Bertz CT molecular complexity index is 884. The number of hydrogen-bond donors (Lipinski definition) is 1. The molecule has 0 saturated heterocycles. The van der Waals surface area contributed by atoms with E-state index >= 15 is 0 Å². The maximum Gasteiger partial charge on any atom is 0.271 e. The van der Waals surface area contributed by atoms with E-state index < -0.39 is 0 Å². The number of benzene rings is 2. The summed E-state index contributed by atoms with van der Waals surface area (Å²) in [5, 5.41) is 3.55. The van der Waals surface area contributed by atoms with Gasteiger partial charge in [0.05, 0.1) is 12.4 Å². The second-order valence-corrected chi connectivity index (χ2v) is 6.67. The molecule has 0 bridgehead atoms. The normalized spacial score (nSPS) is 10.4. The summed E-state index contributed by atoms with van der Waals surface area (Å²) < 4.78 is 0. The molecule has 0 aliphatic rings. The minimum atomic E-state index is -0.234. The Balaban J connectivity index is 1.52. The van der Waals surface area contributed by atoms with E-state index in [1.54, 1.807) is 6.20 Å². The maximum absolute atomic E-state index is 12.2. The van der Waals surface area contributed by atoms with Gasteiger partial charge in [-0.15, -0.1) is 0 Å². The van der Waals surface area contributed by atoms with Crippen molar-refractivity contribution in [2.24, 2.45) is 0 Å². The van der Waals surface area contributed by atoms with Gasteiger partial charge in [0.1, 0.15) is 11.5 Å². The molecule has 3 rings (SSSR count). The number of halogens is 1. The molecule has 0 saturated carbocycles. The summed E-state index contributed by atoms with van der Waals surface area (Å²) in [6.07, 6.45) is 3.83. The number of nitrogens with zero attached hydrogens (tertiary/aromatic N) is 3. The van der Waals surface area contributed by atoms with Gasteiger partial charge in [-0.2, -0.15) is 0 Å². The summed E-state index contributed by atoms with van der Waals surface area (Å²) in [5.74, 6) is 0.483. The van der Waals surface area contributed by atoms with E-state index in [2.05, 4.69) is 27.4 Å². The maximum atomic E-state index is 12.2. The first-order valence-corrected chi connectivity index (χ1v) is 9.09. The minimum Gasteiger partial charge on any atom is -0.354 e. The Labute approximate surface area is 164 Å². The van der Waals surface area contributed by atoms with Crippen molar-refractivity contribution in [2.75, 3.05) is 18.5 Å². The van der Waals surface area contributed by atoms with Gasteiger partial charge in [0.25, 0.3) is 5.91 Å². The molecular weight excluding hydrogens is 360 g/mol. The number of nitrogens with one attached hydrogen (secondary N) is 1. The zero-order valence-corrected chi connectivity index (χ0v) is 15.9. The topological polar surface area (TPSA) is 58.1 Å². The number of carbonyl (C=O) groups is 1. The van der Waals surface area contributed by atoms with Crippen LogP contribution in [-0.2, 0) is 13.0 Å². The number of amides is 1. The van der Waals surface area contributed by atoms with Crippen molar-refractivity contribution in [3.63, 3.8) is 0 Å². The van der Waals surface area contributed by atoms with Crippen LogP contribution in [0.2, 0.25) is 5.02 Å². The highest BCUT2D eigenvalue weighted by atomic mass is 35.5. The van der Waals surface area contributed by atoms with Crippen LogP contribution >= 0.6 is 11.6 Å². The number of carbonyl (C=O) groups excluding carboxylic acids is 1. The van der Waals surface area contributed by atoms with Crippen molar-refractivity contribution in [1.29, 1.82) is 0 Å². The van der Waals surface area contributed by atoms with E-state index in [1.165, 1.54) is 11.8 Å². The van der Waals surface area contributed by atoms with E-state index in [1.807, 2.05) is 54.4 Å². The van der Waals surface area contributed by atoms with E-state index in [9.17, 15) is 4.79 Å². The fourth-order valence-electron chi connectivity index (χ4n) is 2.68. The molecule has 0 radical (unpaired) electrons. The molecule has 6 heteroatoms. The monoisotopic (exact) mass is 380 g/mol. The van der Waals surface area contributed by atoms with Gasteiger partial charge in [-0.25, -0.2) is 9.97 Å². The highest BCUT2D eigenvalue weighted by molar-refractivity contribution is 6.30. The molecule has 138 valence electrons.